The van der Waals surface area contributed by atoms with Crippen LogP contribution in [0.15, 0.2) is 53.7 Å². The minimum absolute atomic E-state index is 0.467. The van der Waals surface area contributed by atoms with E-state index in [-0.39, 0.29) is 0 Å². The van der Waals surface area contributed by atoms with Gasteiger partial charge in [0.05, 0.1) is 6.61 Å². The van der Waals surface area contributed by atoms with Crippen LogP contribution in [0.2, 0.25) is 0 Å². The lowest BCUT2D eigenvalue weighted by Crippen LogP contribution is -2.33. The lowest BCUT2D eigenvalue weighted by molar-refractivity contribution is 0.336. The van der Waals surface area contributed by atoms with Crippen LogP contribution in [-0.4, -0.2) is 30.6 Å². The van der Waals surface area contributed by atoms with Gasteiger partial charge in [-0.05, 0) is 37.1 Å². The topological polar surface area (TPSA) is 72.5 Å². The minimum atomic E-state index is 0.467. The van der Waals surface area contributed by atoms with Crippen LogP contribution in [-0.2, 0) is 12.8 Å². The van der Waals surface area contributed by atoms with Crippen molar-refractivity contribution in [1.82, 2.24) is 10.3 Å². The molecule has 5 heteroatoms. The minimum Gasteiger partial charge on any atom is -0.494 e. The number of para-hydroxylation sites is 1. The molecule has 0 aliphatic heterocycles. The number of ether oxygens (including phenoxy) is 1. The van der Waals surface area contributed by atoms with Crippen LogP contribution in [0.5, 0.6) is 5.75 Å². The summed E-state index contributed by atoms with van der Waals surface area (Å²) in [6, 6.07) is 13.9. The second kappa shape index (κ2) is 9.46. The molecule has 0 amide bonds. The van der Waals surface area contributed by atoms with E-state index in [0.29, 0.717) is 19.1 Å². The van der Waals surface area contributed by atoms with Crippen LogP contribution in [0, 0.1) is 0 Å². The maximum absolute atomic E-state index is 5.89. The van der Waals surface area contributed by atoms with Gasteiger partial charge >= 0.3 is 0 Å². The van der Waals surface area contributed by atoms with E-state index in [4.69, 9.17) is 10.5 Å². The summed E-state index contributed by atoms with van der Waals surface area (Å²) in [7, 11) is 0. The second-order valence-electron chi connectivity index (χ2n) is 5.06. The van der Waals surface area contributed by atoms with E-state index in [9.17, 15) is 0 Å². The Morgan fingerprint density at radius 3 is 2.78 bits per heavy atom. The Balaban J connectivity index is 1.74. The molecule has 0 atom stereocenters. The van der Waals surface area contributed by atoms with E-state index in [2.05, 4.69) is 21.4 Å². The zero-order chi connectivity index (χ0) is 16.3. The van der Waals surface area contributed by atoms with Crippen molar-refractivity contribution in [2.24, 2.45) is 10.7 Å². The number of nitrogens with two attached hydrogens (primary N) is 1. The average molecular weight is 312 g/mol. The molecule has 3 N–H and O–H groups in total. The van der Waals surface area contributed by atoms with Crippen molar-refractivity contribution < 1.29 is 4.74 Å². The van der Waals surface area contributed by atoms with Crippen molar-refractivity contribution in [1.29, 1.82) is 0 Å². The van der Waals surface area contributed by atoms with E-state index >= 15 is 0 Å². The zero-order valence-corrected chi connectivity index (χ0v) is 13.5. The summed E-state index contributed by atoms with van der Waals surface area (Å²) >= 11 is 0. The third kappa shape index (κ3) is 5.98. The third-order valence-electron chi connectivity index (χ3n) is 3.35. The number of hydrogen-bond acceptors (Lipinski definition) is 3. The summed E-state index contributed by atoms with van der Waals surface area (Å²) in [5.41, 5.74) is 8.08. The van der Waals surface area contributed by atoms with Gasteiger partial charge in [0.15, 0.2) is 5.96 Å². The van der Waals surface area contributed by atoms with Crippen LogP contribution >= 0.6 is 0 Å². The largest absolute Gasteiger partial charge is 0.494 e. The molecule has 0 unspecified atom stereocenters. The first-order chi connectivity index (χ1) is 11.3. The van der Waals surface area contributed by atoms with Crippen LogP contribution < -0.4 is 15.8 Å². The highest BCUT2D eigenvalue weighted by Crippen LogP contribution is 2.17. The van der Waals surface area contributed by atoms with E-state index in [0.717, 1.165) is 30.8 Å². The molecule has 1 heterocycles. The van der Waals surface area contributed by atoms with E-state index in [1.165, 1.54) is 5.56 Å². The molecule has 122 valence electrons. The maximum atomic E-state index is 5.89. The standard InChI is InChI=1S/C18H24N4O/c1-2-23-17-9-4-3-7-15(17)10-13-21-18(19)22-14-11-16-8-5-6-12-20-16/h3-9,12H,2,10-11,13-14H2,1H3,(H3,19,21,22). The first-order valence-electron chi connectivity index (χ1n) is 7.94. The molecule has 1 aromatic heterocycles. The molecule has 5 nitrogen and oxygen atoms in total. The molecule has 0 spiro atoms. The van der Waals surface area contributed by atoms with Gasteiger partial charge in [0.1, 0.15) is 5.75 Å². The number of nitrogens with zero attached hydrogens (tertiary/aromatic N) is 2. The van der Waals surface area contributed by atoms with E-state index in [1.807, 2.05) is 43.3 Å². The Hall–Kier alpha value is -2.56. The highest BCUT2D eigenvalue weighted by atomic mass is 16.5. The number of nitrogens with one attached hydrogen (secondary N) is 1. The van der Waals surface area contributed by atoms with E-state index in [1.54, 1.807) is 6.20 Å². The number of guanidine groups is 1. The van der Waals surface area contributed by atoms with Crippen molar-refractivity contribution in [3.8, 4) is 5.75 Å². The van der Waals surface area contributed by atoms with Crippen LogP contribution in [0.3, 0.4) is 0 Å². The highest BCUT2D eigenvalue weighted by Gasteiger charge is 2.02. The van der Waals surface area contributed by atoms with Crippen molar-refractivity contribution in [2.45, 2.75) is 19.8 Å². The lowest BCUT2D eigenvalue weighted by Gasteiger charge is -2.10. The molecule has 0 bridgehead atoms. The fourth-order valence-electron chi connectivity index (χ4n) is 2.22. The quantitative estimate of drug-likeness (QED) is 0.579. The molecule has 0 saturated heterocycles. The van der Waals surface area contributed by atoms with Gasteiger partial charge < -0.3 is 15.8 Å². The fourth-order valence-corrected chi connectivity index (χ4v) is 2.22. The van der Waals surface area contributed by atoms with Gasteiger partial charge in [-0.1, -0.05) is 24.3 Å². The SMILES string of the molecule is CCOc1ccccc1CCNC(N)=NCCc1ccccn1. The summed E-state index contributed by atoms with van der Waals surface area (Å²) in [6.45, 7) is 4.01. The molecular weight excluding hydrogens is 288 g/mol. The molecule has 2 rings (SSSR count). The van der Waals surface area contributed by atoms with Gasteiger partial charge in [-0.2, -0.15) is 0 Å². The smallest absolute Gasteiger partial charge is 0.188 e. The second-order valence-corrected chi connectivity index (χ2v) is 5.06. The third-order valence-corrected chi connectivity index (χ3v) is 3.35. The number of benzene rings is 1. The predicted octanol–water partition coefficient (Wildman–Crippen LogP) is 2.17. The van der Waals surface area contributed by atoms with Crippen molar-refractivity contribution in [2.75, 3.05) is 19.7 Å². The summed E-state index contributed by atoms with van der Waals surface area (Å²) < 4.78 is 5.61. The molecule has 0 saturated carbocycles. The molecule has 2 aromatic rings. The summed E-state index contributed by atoms with van der Waals surface area (Å²) in [5, 5.41) is 3.14. The van der Waals surface area contributed by atoms with Gasteiger partial charge in [-0.3, -0.25) is 9.98 Å². The lowest BCUT2D eigenvalue weighted by atomic mass is 10.1. The summed E-state index contributed by atoms with van der Waals surface area (Å²) in [5.74, 6) is 1.40. The van der Waals surface area contributed by atoms with Gasteiger partial charge in [-0.15, -0.1) is 0 Å². The average Bonchev–Trinajstić information content (AvgIpc) is 2.58. The fraction of sp³-hybridized carbons (Fsp3) is 0.333. The Morgan fingerprint density at radius 2 is 2.00 bits per heavy atom. The first kappa shape index (κ1) is 16.8. The number of aliphatic imine (C=N–C) groups is 1. The van der Waals surface area contributed by atoms with Crippen molar-refractivity contribution >= 4 is 5.96 Å². The van der Waals surface area contributed by atoms with Crippen molar-refractivity contribution in [3.05, 3.63) is 59.9 Å². The monoisotopic (exact) mass is 312 g/mol. The normalized spacial score (nSPS) is 11.3. The van der Waals surface area contributed by atoms with Gasteiger partial charge in [0, 0.05) is 31.4 Å². The summed E-state index contributed by atoms with van der Waals surface area (Å²) in [4.78, 5) is 8.58. The number of hydrogen-bond donors (Lipinski definition) is 2. The van der Waals surface area contributed by atoms with Crippen molar-refractivity contribution in [3.63, 3.8) is 0 Å². The van der Waals surface area contributed by atoms with Crippen LogP contribution in [0.1, 0.15) is 18.2 Å². The predicted molar refractivity (Wildman–Crippen MR) is 93.7 cm³/mol. The first-order valence-corrected chi connectivity index (χ1v) is 7.94. The molecular formula is C18H24N4O. The maximum Gasteiger partial charge on any atom is 0.188 e. The molecule has 1 aromatic carbocycles. The van der Waals surface area contributed by atoms with Gasteiger partial charge in [0.25, 0.3) is 0 Å². The zero-order valence-electron chi connectivity index (χ0n) is 13.5. The molecule has 0 aliphatic carbocycles. The van der Waals surface area contributed by atoms with Gasteiger partial charge in [-0.25, -0.2) is 0 Å². The van der Waals surface area contributed by atoms with Crippen LogP contribution in [0.25, 0.3) is 0 Å². The van der Waals surface area contributed by atoms with Crippen LogP contribution in [0.4, 0.5) is 0 Å². The molecule has 0 radical (unpaired) electrons. The molecule has 23 heavy (non-hydrogen) atoms. The number of aromatic nitrogens is 1. The number of pyridine rings is 1. The Labute approximate surface area is 137 Å². The number of rotatable bonds is 8. The Kier molecular flexibility index (Phi) is 6.91. The molecule has 0 aliphatic rings. The van der Waals surface area contributed by atoms with E-state index < -0.39 is 0 Å². The Morgan fingerprint density at radius 1 is 1.17 bits per heavy atom. The Bertz CT molecular complexity index is 613. The highest BCUT2D eigenvalue weighted by molar-refractivity contribution is 5.77. The molecule has 0 fully saturated rings. The summed E-state index contributed by atoms with van der Waals surface area (Å²) in [6.07, 6.45) is 3.42. The van der Waals surface area contributed by atoms with Gasteiger partial charge in [0.2, 0.25) is 0 Å².